The number of hydrogen-bond acceptors (Lipinski definition) is 2. The molecule has 2 heteroatoms. The standard InChI is InChI=1S/C15H17NO/c1-3-16-14-9-4-5-10-15(14)17-13-8-6-7-12(2)11-13/h4-11,16H,3H2,1-2H3. The quantitative estimate of drug-likeness (QED) is 0.844. The lowest BCUT2D eigenvalue weighted by Crippen LogP contribution is -1.98. The zero-order valence-corrected chi connectivity index (χ0v) is 10.2. The summed E-state index contributed by atoms with van der Waals surface area (Å²) in [6.45, 7) is 5.01. The van der Waals surface area contributed by atoms with Crippen LogP contribution in [0, 0.1) is 6.92 Å². The van der Waals surface area contributed by atoms with Crippen LogP contribution < -0.4 is 10.1 Å². The van der Waals surface area contributed by atoms with E-state index in [1.54, 1.807) is 0 Å². The fourth-order valence-electron chi connectivity index (χ4n) is 1.70. The Morgan fingerprint density at radius 2 is 1.88 bits per heavy atom. The average Bonchev–Trinajstić information content (AvgIpc) is 2.32. The van der Waals surface area contributed by atoms with Gasteiger partial charge in [-0.3, -0.25) is 0 Å². The monoisotopic (exact) mass is 227 g/mol. The van der Waals surface area contributed by atoms with Crippen LogP contribution in [0.15, 0.2) is 48.5 Å². The number of nitrogens with one attached hydrogen (secondary N) is 1. The highest BCUT2D eigenvalue weighted by Gasteiger charge is 2.02. The van der Waals surface area contributed by atoms with E-state index in [0.29, 0.717) is 0 Å². The summed E-state index contributed by atoms with van der Waals surface area (Å²) in [7, 11) is 0. The van der Waals surface area contributed by atoms with Crippen molar-refractivity contribution in [1.82, 2.24) is 0 Å². The number of anilines is 1. The van der Waals surface area contributed by atoms with Crippen molar-refractivity contribution >= 4 is 5.69 Å². The summed E-state index contributed by atoms with van der Waals surface area (Å²) in [6.07, 6.45) is 0. The molecule has 0 heterocycles. The molecule has 0 unspecified atom stereocenters. The second-order valence-electron chi connectivity index (χ2n) is 3.95. The summed E-state index contributed by atoms with van der Waals surface area (Å²) in [5.41, 5.74) is 2.22. The van der Waals surface area contributed by atoms with Gasteiger partial charge in [0, 0.05) is 6.54 Å². The molecule has 0 aromatic heterocycles. The Bertz CT molecular complexity index is 494. The van der Waals surface area contributed by atoms with E-state index in [-0.39, 0.29) is 0 Å². The van der Waals surface area contributed by atoms with Crippen LogP contribution in [0.4, 0.5) is 5.69 Å². The van der Waals surface area contributed by atoms with Crippen molar-refractivity contribution in [3.63, 3.8) is 0 Å². The Morgan fingerprint density at radius 3 is 2.65 bits per heavy atom. The highest BCUT2D eigenvalue weighted by atomic mass is 16.5. The zero-order valence-electron chi connectivity index (χ0n) is 10.2. The van der Waals surface area contributed by atoms with Gasteiger partial charge in [0.1, 0.15) is 5.75 Å². The number of aryl methyl sites for hydroxylation is 1. The second-order valence-corrected chi connectivity index (χ2v) is 3.95. The van der Waals surface area contributed by atoms with Crippen LogP contribution in [0.3, 0.4) is 0 Å². The summed E-state index contributed by atoms with van der Waals surface area (Å²) >= 11 is 0. The van der Waals surface area contributed by atoms with Crippen molar-refractivity contribution < 1.29 is 4.74 Å². The first-order valence-corrected chi connectivity index (χ1v) is 5.87. The second kappa shape index (κ2) is 5.39. The lowest BCUT2D eigenvalue weighted by molar-refractivity contribution is 0.484. The maximum atomic E-state index is 5.88. The van der Waals surface area contributed by atoms with Crippen molar-refractivity contribution in [2.75, 3.05) is 11.9 Å². The molecule has 0 radical (unpaired) electrons. The minimum absolute atomic E-state index is 0.861. The summed E-state index contributed by atoms with van der Waals surface area (Å²) in [5.74, 6) is 1.73. The molecule has 0 aliphatic carbocycles. The predicted octanol–water partition coefficient (Wildman–Crippen LogP) is 4.22. The van der Waals surface area contributed by atoms with Gasteiger partial charge in [0.2, 0.25) is 0 Å². The van der Waals surface area contributed by atoms with E-state index in [0.717, 1.165) is 23.7 Å². The molecule has 0 saturated heterocycles. The fourth-order valence-corrected chi connectivity index (χ4v) is 1.70. The van der Waals surface area contributed by atoms with Crippen LogP contribution in [0.25, 0.3) is 0 Å². The van der Waals surface area contributed by atoms with E-state index in [9.17, 15) is 0 Å². The molecular formula is C15H17NO. The maximum absolute atomic E-state index is 5.88. The largest absolute Gasteiger partial charge is 0.455 e. The van der Waals surface area contributed by atoms with Gasteiger partial charge < -0.3 is 10.1 Å². The van der Waals surface area contributed by atoms with Gasteiger partial charge in [-0.1, -0.05) is 24.3 Å². The minimum atomic E-state index is 0.861. The molecular weight excluding hydrogens is 210 g/mol. The third-order valence-corrected chi connectivity index (χ3v) is 2.47. The molecule has 0 bridgehead atoms. The number of hydrogen-bond donors (Lipinski definition) is 1. The molecule has 1 N–H and O–H groups in total. The minimum Gasteiger partial charge on any atom is -0.455 e. The number of ether oxygens (including phenoxy) is 1. The van der Waals surface area contributed by atoms with E-state index in [1.807, 2.05) is 42.5 Å². The SMILES string of the molecule is CCNc1ccccc1Oc1cccc(C)c1. The predicted molar refractivity (Wildman–Crippen MR) is 71.9 cm³/mol. The summed E-state index contributed by atoms with van der Waals surface area (Å²) in [4.78, 5) is 0. The van der Waals surface area contributed by atoms with Crippen LogP contribution in [0.1, 0.15) is 12.5 Å². The number of benzene rings is 2. The van der Waals surface area contributed by atoms with Crippen molar-refractivity contribution in [2.24, 2.45) is 0 Å². The zero-order chi connectivity index (χ0) is 12.1. The first kappa shape index (κ1) is 11.5. The highest BCUT2D eigenvalue weighted by Crippen LogP contribution is 2.29. The Balaban J connectivity index is 2.23. The normalized spacial score (nSPS) is 10.0. The lowest BCUT2D eigenvalue weighted by atomic mass is 10.2. The smallest absolute Gasteiger partial charge is 0.150 e. The summed E-state index contributed by atoms with van der Waals surface area (Å²) < 4.78 is 5.88. The molecule has 2 rings (SSSR count). The Labute approximate surface area is 102 Å². The lowest BCUT2D eigenvalue weighted by Gasteiger charge is -2.12. The van der Waals surface area contributed by atoms with Crippen LogP contribution in [0.2, 0.25) is 0 Å². The van der Waals surface area contributed by atoms with E-state index < -0.39 is 0 Å². The molecule has 0 aliphatic heterocycles. The van der Waals surface area contributed by atoms with E-state index in [4.69, 9.17) is 4.74 Å². The number of para-hydroxylation sites is 2. The fraction of sp³-hybridized carbons (Fsp3) is 0.200. The number of rotatable bonds is 4. The van der Waals surface area contributed by atoms with E-state index in [2.05, 4.69) is 25.2 Å². The van der Waals surface area contributed by atoms with Crippen LogP contribution in [-0.4, -0.2) is 6.54 Å². The molecule has 17 heavy (non-hydrogen) atoms. The van der Waals surface area contributed by atoms with Crippen molar-refractivity contribution in [3.8, 4) is 11.5 Å². The molecule has 0 saturated carbocycles. The van der Waals surface area contributed by atoms with Gasteiger partial charge in [0.25, 0.3) is 0 Å². The molecule has 88 valence electrons. The molecule has 0 amide bonds. The average molecular weight is 227 g/mol. The molecule has 0 atom stereocenters. The van der Waals surface area contributed by atoms with Gasteiger partial charge in [-0.05, 0) is 43.7 Å². The molecule has 0 fully saturated rings. The van der Waals surface area contributed by atoms with E-state index in [1.165, 1.54) is 5.56 Å². The van der Waals surface area contributed by atoms with Crippen LogP contribution >= 0.6 is 0 Å². The van der Waals surface area contributed by atoms with Crippen molar-refractivity contribution in [3.05, 3.63) is 54.1 Å². The van der Waals surface area contributed by atoms with Gasteiger partial charge in [-0.15, -0.1) is 0 Å². The van der Waals surface area contributed by atoms with Gasteiger partial charge in [-0.2, -0.15) is 0 Å². The highest BCUT2D eigenvalue weighted by molar-refractivity contribution is 5.57. The molecule has 2 aromatic rings. The van der Waals surface area contributed by atoms with Crippen LogP contribution in [-0.2, 0) is 0 Å². The third-order valence-electron chi connectivity index (χ3n) is 2.47. The van der Waals surface area contributed by atoms with Gasteiger partial charge in [0.05, 0.1) is 5.69 Å². The molecule has 0 spiro atoms. The van der Waals surface area contributed by atoms with Gasteiger partial charge in [0.15, 0.2) is 5.75 Å². The molecule has 0 aliphatic rings. The van der Waals surface area contributed by atoms with Gasteiger partial charge in [-0.25, -0.2) is 0 Å². The Kier molecular flexibility index (Phi) is 3.66. The summed E-state index contributed by atoms with van der Waals surface area (Å²) in [5, 5.41) is 3.29. The van der Waals surface area contributed by atoms with Crippen molar-refractivity contribution in [2.45, 2.75) is 13.8 Å². The van der Waals surface area contributed by atoms with Gasteiger partial charge >= 0.3 is 0 Å². The molecule has 2 aromatic carbocycles. The third kappa shape index (κ3) is 3.00. The topological polar surface area (TPSA) is 21.3 Å². The first-order chi connectivity index (χ1) is 8.29. The van der Waals surface area contributed by atoms with Crippen molar-refractivity contribution in [1.29, 1.82) is 0 Å². The first-order valence-electron chi connectivity index (χ1n) is 5.87. The summed E-state index contributed by atoms with van der Waals surface area (Å²) in [6, 6.07) is 16.0. The molecule has 2 nitrogen and oxygen atoms in total. The van der Waals surface area contributed by atoms with Crippen LogP contribution in [0.5, 0.6) is 11.5 Å². The maximum Gasteiger partial charge on any atom is 0.150 e. The Morgan fingerprint density at radius 1 is 1.06 bits per heavy atom. The van der Waals surface area contributed by atoms with E-state index >= 15 is 0 Å². The Hall–Kier alpha value is -1.96.